The van der Waals surface area contributed by atoms with Gasteiger partial charge in [0.25, 0.3) is 0 Å². The number of alkyl halides is 6. The molecular formula is C11H9Cl6O. The number of rotatable bonds is 2. The van der Waals surface area contributed by atoms with E-state index in [4.69, 9.17) is 69.6 Å². The van der Waals surface area contributed by atoms with Crippen molar-refractivity contribution < 1.29 is 5.11 Å². The van der Waals surface area contributed by atoms with Crippen molar-refractivity contribution in [2.24, 2.45) is 0 Å². The monoisotopic (exact) mass is 367 g/mol. The van der Waals surface area contributed by atoms with Gasteiger partial charge in [-0.05, 0) is 18.1 Å². The third-order valence-corrected chi connectivity index (χ3v) is 3.67. The largest absolute Gasteiger partial charge is 0.228 e. The zero-order valence-corrected chi connectivity index (χ0v) is 13.7. The molecule has 0 N–H and O–H groups in total. The van der Waals surface area contributed by atoms with Crippen LogP contribution in [-0.4, -0.2) is 0 Å². The Bertz CT molecular complexity index is 421. The summed E-state index contributed by atoms with van der Waals surface area (Å²) in [7, 11) is 0. The van der Waals surface area contributed by atoms with Crippen LogP contribution < -0.4 is 0 Å². The fraction of sp³-hybridized carbons (Fsp3) is 0.455. The summed E-state index contributed by atoms with van der Waals surface area (Å²) in [6.45, 7) is 1.75. The van der Waals surface area contributed by atoms with Crippen LogP contribution in [0.2, 0.25) is 0 Å². The van der Waals surface area contributed by atoms with E-state index in [2.05, 4.69) is 0 Å². The van der Waals surface area contributed by atoms with Crippen molar-refractivity contribution in [3.63, 3.8) is 0 Å². The molecule has 1 rings (SSSR count). The Balaban J connectivity index is 3.40. The van der Waals surface area contributed by atoms with Gasteiger partial charge in [0.1, 0.15) is 6.10 Å². The predicted octanol–water partition coefficient (Wildman–Crippen LogP) is 6.22. The lowest BCUT2D eigenvalue weighted by Crippen LogP contribution is -2.11. The maximum atomic E-state index is 11.9. The molecule has 0 fully saturated rings. The van der Waals surface area contributed by atoms with E-state index in [9.17, 15) is 5.11 Å². The van der Waals surface area contributed by atoms with Gasteiger partial charge in [0, 0.05) is 11.1 Å². The molecule has 0 saturated carbocycles. The van der Waals surface area contributed by atoms with E-state index < -0.39 is 13.7 Å². The number of halogens is 6. The Morgan fingerprint density at radius 1 is 1.06 bits per heavy atom. The molecule has 0 aliphatic carbocycles. The molecule has 1 nitrogen and oxygen atoms in total. The lowest BCUT2D eigenvalue weighted by molar-refractivity contribution is 0.0849. The minimum absolute atomic E-state index is 0.248. The quantitative estimate of drug-likeness (QED) is 0.551. The Morgan fingerprint density at radius 2 is 1.61 bits per heavy atom. The van der Waals surface area contributed by atoms with Crippen molar-refractivity contribution in [2.75, 3.05) is 0 Å². The van der Waals surface area contributed by atoms with Gasteiger partial charge in [0.05, 0.1) is 0 Å². The highest BCUT2D eigenvalue weighted by atomic mass is 35.6. The lowest BCUT2D eigenvalue weighted by atomic mass is 9.99. The topological polar surface area (TPSA) is 19.9 Å². The number of hydrogen-bond acceptors (Lipinski definition) is 0. The molecule has 0 bridgehead atoms. The van der Waals surface area contributed by atoms with Crippen LogP contribution in [-0.2, 0) is 12.7 Å². The highest BCUT2D eigenvalue weighted by molar-refractivity contribution is 6.67. The molecule has 7 heteroatoms. The van der Waals surface area contributed by atoms with Crippen LogP contribution in [0.15, 0.2) is 18.2 Å². The average Bonchev–Trinajstić information content (AvgIpc) is 2.24. The fourth-order valence-corrected chi connectivity index (χ4v) is 2.32. The summed E-state index contributed by atoms with van der Waals surface area (Å²) >= 11 is 34.9. The van der Waals surface area contributed by atoms with Gasteiger partial charge in [0.2, 0.25) is 7.59 Å². The van der Waals surface area contributed by atoms with Crippen LogP contribution in [0.1, 0.15) is 36.1 Å². The van der Waals surface area contributed by atoms with Crippen LogP contribution in [0.4, 0.5) is 0 Å². The molecule has 0 heterocycles. The van der Waals surface area contributed by atoms with E-state index >= 15 is 0 Å². The van der Waals surface area contributed by atoms with E-state index in [-0.39, 0.29) is 5.56 Å². The minimum Gasteiger partial charge on any atom is -0.228 e. The Labute approximate surface area is 136 Å². The Morgan fingerprint density at radius 3 is 2.00 bits per heavy atom. The molecule has 1 radical (unpaired) electrons. The molecule has 1 aromatic rings. The van der Waals surface area contributed by atoms with Crippen LogP contribution in [0, 0.1) is 0 Å². The van der Waals surface area contributed by atoms with Gasteiger partial charge in [-0.1, -0.05) is 88.7 Å². The third-order valence-electron chi connectivity index (χ3n) is 2.40. The number of benzene rings is 1. The summed E-state index contributed by atoms with van der Waals surface area (Å²) in [5.74, 6) is 0. The first-order valence-corrected chi connectivity index (χ1v) is 7.28. The summed E-state index contributed by atoms with van der Waals surface area (Å²) in [6.07, 6.45) is -0.610. The molecule has 0 aromatic heterocycles. The van der Waals surface area contributed by atoms with Gasteiger partial charge >= 0.3 is 0 Å². The fourth-order valence-electron chi connectivity index (χ4n) is 1.48. The van der Waals surface area contributed by atoms with Gasteiger partial charge in [0.15, 0.2) is 0 Å². The standard InChI is InChI=1S/C11H9Cl6O/c1-2-9(18)7-4-3-6(10(12,13)14)5-8(7)11(15,16)17/h3-5,9H,2H2,1H3. The van der Waals surface area contributed by atoms with Gasteiger partial charge in [-0.25, -0.2) is 5.11 Å². The lowest BCUT2D eigenvalue weighted by Gasteiger charge is -2.21. The minimum atomic E-state index is -1.74. The highest BCUT2D eigenvalue weighted by Crippen LogP contribution is 2.46. The summed E-state index contributed by atoms with van der Waals surface area (Å²) < 4.78 is -3.37. The molecule has 0 saturated heterocycles. The molecule has 1 atom stereocenters. The normalized spacial score (nSPS) is 14.7. The molecule has 18 heavy (non-hydrogen) atoms. The molecule has 1 aromatic carbocycles. The highest BCUT2D eigenvalue weighted by Gasteiger charge is 2.32. The van der Waals surface area contributed by atoms with Crippen molar-refractivity contribution in [3.05, 3.63) is 34.9 Å². The van der Waals surface area contributed by atoms with Crippen LogP contribution in [0.25, 0.3) is 0 Å². The van der Waals surface area contributed by atoms with E-state index in [0.29, 0.717) is 17.5 Å². The summed E-state index contributed by atoms with van der Waals surface area (Å²) in [5, 5.41) is 11.9. The van der Waals surface area contributed by atoms with Gasteiger partial charge in [-0.15, -0.1) is 0 Å². The van der Waals surface area contributed by atoms with Gasteiger partial charge in [-0.3, -0.25) is 0 Å². The molecular weight excluding hydrogens is 361 g/mol. The van der Waals surface area contributed by atoms with E-state index in [1.165, 1.54) is 12.1 Å². The second-order valence-corrected chi connectivity index (χ2v) is 8.26. The Kier molecular flexibility index (Phi) is 5.78. The average molecular weight is 370 g/mol. The smallest absolute Gasteiger partial charge is 0.216 e. The molecule has 0 spiro atoms. The molecule has 0 amide bonds. The second kappa shape index (κ2) is 6.13. The van der Waals surface area contributed by atoms with E-state index in [1.807, 2.05) is 0 Å². The van der Waals surface area contributed by atoms with Gasteiger partial charge in [-0.2, -0.15) is 0 Å². The molecule has 0 aliphatic rings. The Hall–Kier alpha value is 0.920. The summed E-state index contributed by atoms with van der Waals surface area (Å²) in [4.78, 5) is 0. The van der Waals surface area contributed by atoms with Crippen molar-refractivity contribution >= 4 is 69.6 Å². The maximum absolute atomic E-state index is 11.9. The van der Waals surface area contributed by atoms with E-state index in [0.717, 1.165) is 0 Å². The first kappa shape index (κ1) is 17.0. The number of hydrogen-bond donors (Lipinski definition) is 0. The first-order chi connectivity index (χ1) is 8.07. The zero-order chi connectivity index (χ0) is 14.1. The van der Waals surface area contributed by atoms with Crippen LogP contribution in [0.3, 0.4) is 0 Å². The SMILES string of the molecule is CCC([O])c1ccc(C(Cl)(Cl)Cl)cc1C(Cl)(Cl)Cl. The summed E-state index contributed by atoms with van der Waals surface area (Å²) in [5.41, 5.74) is 0.995. The second-order valence-electron chi connectivity index (χ2n) is 3.69. The van der Waals surface area contributed by atoms with Crippen LogP contribution in [0.5, 0.6) is 0 Å². The van der Waals surface area contributed by atoms with E-state index in [1.54, 1.807) is 13.0 Å². The van der Waals surface area contributed by atoms with Crippen molar-refractivity contribution in [3.8, 4) is 0 Å². The van der Waals surface area contributed by atoms with Crippen molar-refractivity contribution in [2.45, 2.75) is 27.0 Å². The maximum Gasteiger partial charge on any atom is 0.216 e. The van der Waals surface area contributed by atoms with Crippen molar-refractivity contribution in [1.82, 2.24) is 0 Å². The summed E-state index contributed by atoms with van der Waals surface area (Å²) in [6, 6.07) is 4.52. The third kappa shape index (κ3) is 4.21. The van der Waals surface area contributed by atoms with Crippen LogP contribution >= 0.6 is 69.6 Å². The first-order valence-electron chi connectivity index (χ1n) is 5.01. The zero-order valence-electron chi connectivity index (χ0n) is 9.19. The molecule has 1 unspecified atom stereocenters. The van der Waals surface area contributed by atoms with Gasteiger partial charge < -0.3 is 0 Å². The molecule has 0 aliphatic heterocycles. The van der Waals surface area contributed by atoms with Crippen molar-refractivity contribution in [1.29, 1.82) is 0 Å². The predicted molar refractivity (Wildman–Crippen MR) is 78.6 cm³/mol. The molecule has 101 valence electrons.